The maximum Gasteiger partial charge on any atom is 0.302 e. The molecule has 3 heteroatoms. The van der Waals surface area contributed by atoms with Crippen molar-refractivity contribution in [2.75, 3.05) is 0 Å². The fourth-order valence-electron chi connectivity index (χ4n) is 0.356. The van der Waals surface area contributed by atoms with Crippen molar-refractivity contribution >= 4 is 21.9 Å². The molecule has 2 atom stereocenters. The van der Waals surface area contributed by atoms with Crippen molar-refractivity contribution in [1.82, 2.24) is 0 Å². The molecule has 0 radical (unpaired) electrons. The van der Waals surface area contributed by atoms with Gasteiger partial charge in [-0.15, -0.1) is 0 Å². The van der Waals surface area contributed by atoms with Gasteiger partial charge in [0.2, 0.25) is 0 Å². The third-order valence-electron chi connectivity index (χ3n) is 0.999. The van der Waals surface area contributed by atoms with Crippen LogP contribution in [0.5, 0.6) is 0 Å². The second-order valence-electron chi connectivity index (χ2n) is 1.99. The largest absolute Gasteiger partial charge is 0.462 e. The minimum atomic E-state index is -0.228. The fraction of sp³-hybridized carbons (Fsp3) is 0.833. The summed E-state index contributed by atoms with van der Waals surface area (Å²) in [4.78, 5) is 10.5. The second-order valence-corrected chi connectivity index (χ2v) is 3.44. The number of ether oxygens (including phenoxy) is 1. The molecule has 0 amide bonds. The van der Waals surface area contributed by atoms with Gasteiger partial charge in [-0.2, -0.15) is 0 Å². The summed E-state index contributed by atoms with van der Waals surface area (Å²) in [6, 6.07) is 0. The topological polar surface area (TPSA) is 26.3 Å². The van der Waals surface area contributed by atoms with Gasteiger partial charge in [-0.1, -0.05) is 15.9 Å². The molecule has 0 aromatic heterocycles. The van der Waals surface area contributed by atoms with Crippen LogP contribution in [0.15, 0.2) is 0 Å². The van der Waals surface area contributed by atoms with E-state index >= 15 is 0 Å². The normalized spacial score (nSPS) is 16.4. The Labute approximate surface area is 63.7 Å². The van der Waals surface area contributed by atoms with E-state index in [2.05, 4.69) is 15.9 Å². The Balaban J connectivity index is 3.50. The molecule has 0 aromatic rings. The van der Waals surface area contributed by atoms with E-state index in [-0.39, 0.29) is 16.9 Å². The van der Waals surface area contributed by atoms with Crippen LogP contribution in [0.2, 0.25) is 0 Å². The number of alkyl halides is 1. The standard InChI is InChI=1S/C6H11BrO2/c1-4(7)5(2)9-6(3)8/h4-5H,1-3H3/t4-,5-/m0/s1. The first kappa shape index (κ1) is 8.95. The minimum absolute atomic E-state index is 0.0394. The molecular weight excluding hydrogens is 184 g/mol. The van der Waals surface area contributed by atoms with Gasteiger partial charge in [0.15, 0.2) is 0 Å². The van der Waals surface area contributed by atoms with Crippen molar-refractivity contribution < 1.29 is 9.53 Å². The van der Waals surface area contributed by atoms with Crippen molar-refractivity contribution in [1.29, 1.82) is 0 Å². The van der Waals surface area contributed by atoms with Gasteiger partial charge in [0.25, 0.3) is 0 Å². The lowest BCUT2D eigenvalue weighted by Crippen LogP contribution is -2.20. The third kappa shape index (κ3) is 4.45. The molecule has 0 unspecified atom stereocenters. The van der Waals surface area contributed by atoms with E-state index in [0.29, 0.717) is 0 Å². The zero-order chi connectivity index (χ0) is 7.44. The molecule has 0 aliphatic carbocycles. The van der Waals surface area contributed by atoms with Crippen LogP contribution in [-0.4, -0.2) is 16.9 Å². The number of carbonyl (C=O) groups is 1. The first-order valence-electron chi connectivity index (χ1n) is 2.85. The molecule has 0 spiro atoms. The van der Waals surface area contributed by atoms with Gasteiger partial charge in [-0.25, -0.2) is 0 Å². The summed E-state index contributed by atoms with van der Waals surface area (Å²) in [7, 11) is 0. The average molecular weight is 195 g/mol. The van der Waals surface area contributed by atoms with Crippen LogP contribution >= 0.6 is 15.9 Å². The monoisotopic (exact) mass is 194 g/mol. The lowest BCUT2D eigenvalue weighted by Gasteiger charge is -2.12. The summed E-state index contributed by atoms with van der Waals surface area (Å²) in [6.07, 6.45) is -0.0394. The predicted octanol–water partition coefficient (Wildman–Crippen LogP) is 1.72. The lowest BCUT2D eigenvalue weighted by atomic mass is 10.3. The van der Waals surface area contributed by atoms with E-state index in [1.165, 1.54) is 6.92 Å². The second kappa shape index (κ2) is 3.88. The molecule has 0 heterocycles. The summed E-state index contributed by atoms with van der Waals surface area (Å²) in [5.41, 5.74) is 0. The smallest absolute Gasteiger partial charge is 0.302 e. The summed E-state index contributed by atoms with van der Waals surface area (Å²) in [6.45, 7) is 5.19. The van der Waals surface area contributed by atoms with Crippen molar-refractivity contribution in [3.63, 3.8) is 0 Å². The van der Waals surface area contributed by atoms with Crippen molar-refractivity contribution in [3.8, 4) is 0 Å². The third-order valence-corrected chi connectivity index (χ3v) is 1.74. The SMILES string of the molecule is CC(=O)O[C@@H](C)[C@H](C)Br. The summed E-state index contributed by atoms with van der Waals surface area (Å²) >= 11 is 3.29. The zero-order valence-electron chi connectivity index (χ0n) is 5.85. The van der Waals surface area contributed by atoms with Crippen molar-refractivity contribution in [3.05, 3.63) is 0 Å². The van der Waals surface area contributed by atoms with E-state index < -0.39 is 0 Å². The molecule has 0 saturated carbocycles. The summed E-state index contributed by atoms with van der Waals surface area (Å²) in [5.74, 6) is -0.228. The van der Waals surface area contributed by atoms with Crippen LogP contribution in [0, 0.1) is 0 Å². The number of esters is 1. The van der Waals surface area contributed by atoms with Crippen LogP contribution in [0.1, 0.15) is 20.8 Å². The molecule has 0 aromatic carbocycles. The van der Waals surface area contributed by atoms with Crippen LogP contribution in [0.4, 0.5) is 0 Å². The van der Waals surface area contributed by atoms with E-state index in [9.17, 15) is 4.79 Å². The fourth-order valence-corrected chi connectivity index (χ4v) is 0.463. The van der Waals surface area contributed by atoms with Crippen LogP contribution in [0.25, 0.3) is 0 Å². The molecule has 0 rings (SSSR count). The van der Waals surface area contributed by atoms with Crippen LogP contribution < -0.4 is 0 Å². The Bertz CT molecular complexity index is 101. The summed E-state index contributed by atoms with van der Waals surface area (Å²) < 4.78 is 4.83. The molecule has 0 saturated heterocycles. The van der Waals surface area contributed by atoms with E-state index in [1.807, 2.05) is 13.8 Å². The Kier molecular flexibility index (Phi) is 3.86. The van der Waals surface area contributed by atoms with Gasteiger partial charge in [-0.05, 0) is 13.8 Å². The number of halogens is 1. The number of hydrogen-bond donors (Lipinski definition) is 0. The first-order chi connectivity index (χ1) is 4.04. The molecule has 0 fully saturated rings. The van der Waals surface area contributed by atoms with Gasteiger partial charge in [0.1, 0.15) is 6.10 Å². The molecule has 0 aliphatic rings. The molecular formula is C6H11BrO2. The molecule has 2 nitrogen and oxygen atoms in total. The average Bonchev–Trinajstić information content (AvgIpc) is 1.63. The van der Waals surface area contributed by atoms with Gasteiger partial charge in [0.05, 0.1) is 0 Å². The van der Waals surface area contributed by atoms with Gasteiger partial charge in [-0.3, -0.25) is 4.79 Å². The number of carbonyl (C=O) groups excluding carboxylic acids is 1. The molecule has 54 valence electrons. The Morgan fingerprint density at radius 2 is 2.00 bits per heavy atom. The predicted molar refractivity (Wildman–Crippen MR) is 39.6 cm³/mol. The van der Waals surface area contributed by atoms with E-state index in [0.717, 1.165) is 0 Å². The highest BCUT2D eigenvalue weighted by atomic mass is 79.9. The number of hydrogen-bond acceptors (Lipinski definition) is 2. The maximum atomic E-state index is 10.3. The molecule has 0 aliphatic heterocycles. The lowest BCUT2D eigenvalue weighted by molar-refractivity contribution is -0.145. The molecule has 0 bridgehead atoms. The van der Waals surface area contributed by atoms with Crippen molar-refractivity contribution in [2.45, 2.75) is 31.7 Å². The highest BCUT2D eigenvalue weighted by molar-refractivity contribution is 9.09. The summed E-state index contributed by atoms with van der Waals surface area (Å²) in [5, 5.41) is 0. The van der Waals surface area contributed by atoms with Crippen LogP contribution in [0.3, 0.4) is 0 Å². The highest BCUT2D eigenvalue weighted by Crippen LogP contribution is 2.07. The quantitative estimate of drug-likeness (QED) is 0.495. The van der Waals surface area contributed by atoms with E-state index in [4.69, 9.17) is 4.74 Å². The molecule has 0 N–H and O–H groups in total. The molecule has 9 heavy (non-hydrogen) atoms. The van der Waals surface area contributed by atoms with E-state index in [1.54, 1.807) is 0 Å². The van der Waals surface area contributed by atoms with Gasteiger partial charge in [0, 0.05) is 11.8 Å². The van der Waals surface area contributed by atoms with Crippen molar-refractivity contribution in [2.24, 2.45) is 0 Å². The van der Waals surface area contributed by atoms with Crippen LogP contribution in [-0.2, 0) is 9.53 Å². The Morgan fingerprint density at radius 3 is 2.11 bits per heavy atom. The maximum absolute atomic E-state index is 10.3. The first-order valence-corrected chi connectivity index (χ1v) is 3.77. The van der Waals surface area contributed by atoms with Gasteiger partial charge < -0.3 is 4.74 Å². The number of rotatable bonds is 2. The minimum Gasteiger partial charge on any atom is -0.462 e. The highest BCUT2D eigenvalue weighted by Gasteiger charge is 2.10. The van der Waals surface area contributed by atoms with Gasteiger partial charge >= 0.3 is 5.97 Å². The zero-order valence-corrected chi connectivity index (χ0v) is 7.44. The Morgan fingerprint density at radius 1 is 1.56 bits per heavy atom. The Hall–Kier alpha value is -0.0500.